The van der Waals surface area contributed by atoms with Crippen LogP contribution in [-0.4, -0.2) is 35.0 Å². The van der Waals surface area contributed by atoms with Gasteiger partial charge in [0.1, 0.15) is 19.0 Å². The van der Waals surface area contributed by atoms with Gasteiger partial charge in [-0.05, 0) is 23.8 Å². The standard InChI is InChI=1S/C22H19FN4O4/c23-16-6-4-14(5-7-16)12-26-21(28)18-19(25-9-8-24-18)22(29)27-13-15-2-1-3-17-20(15)31-11-10-30-17/h1-9H,10-13H2,(H,26,28)(H,27,29). The van der Waals surface area contributed by atoms with Crippen molar-refractivity contribution in [3.05, 3.63) is 83.2 Å². The van der Waals surface area contributed by atoms with Crippen LogP contribution in [0.4, 0.5) is 4.39 Å². The molecule has 0 saturated carbocycles. The molecule has 1 aromatic heterocycles. The molecule has 0 aliphatic carbocycles. The summed E-state index contributed by atoms with van der Waals surface area (Å²) in [6, 6.07) is 11.2. The van der Waals surface area contributed by atoms with E-state index in [-0.39, 0.29) is 30.3 Å². The predicted molar refractivity (Wildman–Crippen MR) is 108 cm³/mol. The van der Waals surface area contributed by atoms with Crippen molar-refractivity contribution >= 4 is 11.8 Å². The van der Waals surface area contributed by atoms with Crippen LogP contribution in [0.1, 0.15) is 32.1 Å². The van der Waals surface area contributed by atoms with Crippen LogP contribution >= 0.6 is 0 Å². The van der Waals surface area contributed by atoms with Crippen molar-refractivity contribution in [1.82, 2.24) is 20.6 Å². The molecule has 0 unspecified atom stereocenters. The molecular weight excluding hydrogens is 403 g/mol. The van der Waals surface area contributed by atoms with Crippen molar-refractivity contribution in [2.75, 3.05) is 13.2 Å². The van der Waals surface area contributed by atoms with Crippen LogP contribution in [0.2, 0.25) is 0 Å². The van der Waals surface area contributed by atoms with Gasteiger partial charge >= 0.3 is 0 Å². The Morgan fingerprint density at radius 1 is 0.871 bits per heavy atom. The van der Waals surface area contributed by atoms with Gasteiger partial charge in [0.15, 0.2) is 22.9 Å². The minimum atomic E-state index is -0.559. The molecule has 0 saturated heterocycles. The highest BCUT2D eigenvalue weighted by Gasteiger charge is 2.21. The summed E-state index contributed by atoms with van der Waals surface area (Å²) in [6.45, 7) is 1.22. The van der Waals surface area contributed by atoms with Crippen molar-refractivity contribution in [3.63, 3.8) is 0 Å². The van der Waals surface area contributed by atoms with E-state index in [2.05, 4.69) is 20.6 Å². The van der Waals surface area contributed by atoms with Crippen LogP contribution in [-0.2, 0) is 13.1 Å². The first-order chi connectivity index (χ1) is 15.1. The summed E-state index contributed by atoms with van der Waals surface area (Å²) in [5.74, 6) is -0.255. The van der Waals surface area contributed by atoms with E-state index in [1.54, 1.807) is 18.2 Å². The lowest BCUT2D eigenvalue weighted by atomic mass is 10.1. The first-order valence-electron chi connectivity index (χ1n) is 9.61. The van der Waals surface area contributed by atoms with E-state index >= 15 is 0 Å². The zero-order valence-corrected chi connectivity index (χ0v) is 16.4. The van der Waals surface area contributed by atoms with Crippen molar-refractivity contribution in [2.24, 2.45) is 0 Å². The van der Waals surface area contributed by atoms with Crippen molar-refractivity contribution in [2.45, 2.75) is 13.1 Å². The molecule has 1 aliphatic heterocycles. The molecule has 0 fully saturated rings. The van der Waals surface area contributed by atoms with Crippen molar-refractivity contribution in [3.8, 4) is 11.5 Å². The number of fused-ring (bicyclic) bond motifs is 1. The number of aromatic nitrogens is 2. The number of rotatable bonds is 6. The lowest BCUT2D eigenvalue weighted by molar-refractivity contribution is 0.0908. The smallest absolute Gasteiger partial charge is 0.272 e. The number of hydrogen-bond donors (Lipinski definition) is 2. The Morgan fingerprint density at radius 2 is 1.52 bits per heavy atom. The summed E-state index contributed by atoms with van der Waals surface area (Å²) in [4.78, 5) is 33.3. The Kier molecular flexibility index (Phi) is 6.02. The third kappa shape index (κ3) is 4.77. The molecule has 2 heterocycles. The highest BCUT2D eigenvalue weighted by atomic mass is 19.1. The quantitative estimate of drug-likeness (QED) is 0.632. The second-order valence-corrected chi connectivity index (χ2v) is 6.69. The average Bonchev–Trinajstić information content (AvgIpc) is 2.82. The predicted octanol–water partition coefficient (Wildman–Crippen LogP) is 2.25. The summed E-state index contributed by atoms with van der Waals surface area (Å²) in [5, 5.41) is 5.41. The van der Waals surface area contributed by atoms with E-state index in [1.807, 2.05) is 12.1 Å². The van der Waals surface area contributed by atoms with Gasteiger partial charge in [0, 0.05) is 31.0 Å². The summed E-state index contributed by atoms with van der Waals surface area (Å²) < 4.78 is 24.2. The maximum absolute atomic E-state index is 13.0. The maximum Gasteiger partial charge on any atom is 0.272 e. The second kappa shape index (κ2) is 9.21. The molecule has 0 atom stereocenters. The van der Waals surface area contributed by atoms with Gasteiger partial charge in [-0.3, -0.25) is 9.59 Å². The molecule has 0 bridgehead atoms. The summed E-state index contributed by atoms with van der Waals surface area (Å²) in [7, 11) is 0. The highest BCUT2D eigenvalue weighted by molar-refractivity contribution is 6.04. The molecule has 4 rings (SSSR count). The fourth-order valence-electron chi connectivity index (χ4n) is 3.07. The topological polar surface area (TPSA) is 102 Å². The second-order valence-electron chi connectivity index (χ2n) is 6.69. The van der Waals surface area contributed by atoms with Crippen LogP contribution in [0.25, 0.3) is 0 Å². The molecule has 1 aliphatic rings. The lowest BCUT2D eigenvalue weighted by Crippen LogP contribution is -2.31. The largest absolute Gasteiger partial charge is 0.486 e. The third-order valence-electron chi connectivity index (χ3n) is 4.58. The zero-order valence-electron chi connectivity index (χ0n) is 16.4. The number of ether oxygens (including phenoxy) is 2. The minimum Gasteiger partial charge on any atom is -0.486 e. The SMILES string of the molecule is O=C(NCc1ccc(F)cc1)c1nccnc1C(=O)NCc1cccc2c1OCCO2. The average molecular weight is 422 g/mol. The lowest BCUT2D eigenvalue weighted by Gasteiger charge is -2.21. The Morgan fingerprint density at radius 3 is 2.23 bits per heavy atom. The molecule has 0 spiro atoms. The zero-order chi connectivity index (χ0) is 21.6. The van der Waals surface area contributed by atoms with Crippen molar-refractivity contribution < 1.29 is 23.5 Å². The van der Waals surface area contributed by atoms with Gasteiger partial charge in [0.25, 0.3) is 11.8 Å². The van der Waals surface area contributed by atoms with Gasteiger partial charge in [-0.15, -0.1) is 0 Å². The number of halogens is 1. The van der Waals surface area contributed by atoms with Gasteiger partial charge in [-0.2, -0.15) is 0 Å². The number of hydrogen-bond acceptors (Lipinski definition) is 6. The number of carbonyl (C=O) groups excluding carboxylic acids is 2. The van der Waals surface area contributed by atoms with Crippen molar-refractivity contribution in [1.29, 1.82) is 0 Å². The molecule has 2 aromatic carbocycles. The first kappa shape index (κ1) is 20.3. The van der Waals surface area contributed by atoms with E-state index < -0.39 is 11.8 Å². The Hall–Kier alpha value is -4.01. The molecule has 31 heavy (non-hydrogen) atoms. The molecule has 0 radical (unpaired) electrons. The van der Waals surface area contributed by atoms with Crippen LogP contribution in [0.3, 0.4) is 0 Å². The van der Waals surface area contributed by atoms with Gasteiger partial charge in [-0.1, -0.05) is 24.3 Å². The Labute approximate surface area is 177 Å². The molecule has 2 amide bonds. The number of amides is 2. The van der Waals surface area contributed by atoms with E-state index in [0.717, 1.165) is 5.56 Å². The fraction of sp³-hybridized carbons (Fsp3) is 0.182. The molecular formula is C22H19FN4O4. The minimum absolute atomic E-state index is 0.0962. The van der Waals surface area contributed by atoms with Gasteiger partial charge in [-0.25, -0.2) is 14.4 Å². The van der Waals surface area contributed by atoms with Gasteiger partial charge in [0.2, 0.25) is 0 Å². The molecule has 3 aromatic rings. The van der Waals surface area contributed by atoms with E-state index in [4.69, 9.17) is 9.47 Å². The van der Waals surface area contributed by atoms with Crippen LogP contribution in [0, 0.1) is 5.82 Å². The fourth-order valence-corrected chi connectivity index (χ4v) is 3.07. The van der Waals surface area contributed by atoms with E-state index in [1.165, 1.54) is 24.5 Å². The Bertz CT molecular complexity index is 1100. The Balaban J connectivity index is 1.43. The highest BCUT2D eigenvalue weighted by Crippen LogP contribution is 2.33. The number of nitrogens with one attached hydrogen (secondary N) is 2. The van der Waals surface area contributed by atoms with Gasteiger partial charge < -0.3 is 20.1 Å². The summed E-state index contributed by atoms with van der Waals surface area (Å²) in [6.07, 6.45) is 2.68. The van der Waals surface area contributed by atoms with Crippen LogP contribution in [0.15, 0.2) is 54.9 Å². The first-order valence-corrected chi connectivity index (χ1v) is 9.61. The van der Waals surface area contributed by atoms with Crippen LogP contribution in [0.5, 0.6) is 11.5 Å². The monoisotopic (exact) mass is 422 g/mol. The summed E-state index contributed by atoms with van der Waals surface area (Å²) >= 11 is 0. The van der Waals surface area contributed by atoms with Crippen LogP contribution < -0.4 is 20.1 Å². The maximum atomic E-state index is 13.0. The molecule has 158 valence electrons. The van der Waals surface area contributed by atoms with E-state index in [9.17, 15) is 14.0 Å². The third-order valence-corrected chi connectivity index (χ3v) is 4.58. The van der Waals surface area contributed by atoms with Gasteiger partial charge in [0.05, 0.1) is 0 Å². The van der Waals surface area contributed by atoms with E-state index in [0.29, 0.717) is 30.3 Å². The number of para-hydroxylation sites is 1. The molecule has 2 N–H and O–H groups in total. The number of nitrogens with zero attached hydrogens (tertiary/aromatic N) is 2. The summed E-state index contributed by atoms with van der Waals surface area (Å²) in [5.41, 5.74) is 1.26. The number of benzene rings is 2. The number of carbonyl (C=O) groups is 2. The normalized spacial score (nSPS) is 12.2. The molecule has 8 nitrogen and oxygen atoms in total. The molecule has 9 heteroatoms.